The summed E-state index contributed by atoms with van der Waals surface area (Å²) in [6.45, 7) is 5.68. The molecule has 0 amide bonds. The van der Waals surface area contributed by atoms with E-state index in [1.807, 2.05) is 0 Å². The molecule has 0 radical (unpaired) electrons. The van der Waals surface area contributed by atoms with E-state index in [0.717, 1.165) is 141 Å². The van der Waals surface area contributed by atoms with Gasteiger partial charge in [-0.3, -0.25) is 14.4 Å². The van der Waals surface area contributed by atoms with Crippen LogP contribution in [0, 0.1) is 0 Å². The van der Waals surface area contributed by atoms with Gasteiger partial charge >= 0.3 is 23.9 Å². The zero-order valence-corrected chi connectivity index (χ0v) is 44.2. The maximum Gasteiger partial charge on any atom is 0.335 e. The van der Waals surface area contributed by atoms with E-state index in [1.54, 1.807) is 0 Å². The highest BCUT2D eigenvalue weighted by atomic mass is 16.7. The van der Waals surface area contributed by atoms with Crippen LogP contribution in [-0.2, 0) is 42.9 Å². The lowest BCUT2D eigenvalue weighted by molar-refractivity contribution is -0.301. The number of aliphatic hydroxyl groups excluding tert-OH is 2. The number of carbonyl (C=O) groups is 4. The second kappa shape index (κ2) is 46.9. The van der Waals surface area contributed by atoms with Gasteiger partial charge in [-0.2, -0.15) is 0 Å². The van der Waals surface area contributed by atoms with Gasteiger partial charge in [0.1, 0.15) is 18.8 Å². The predicted molar refractivity (Wildman–Crippen MR) is 284 cm³/mol. The van der Waals surface area contributed by atoms with Crippen LogP contribution in [0.4, 0.5) is 0 Å². The molecule has 1 aliphatic heterocycles. The third kappa shape index (κ3) is 37.3. The molecule has 0 saturated carbocycles. The third-order valence-electron chi connectivity index (χ3n) is 11.9. The SMILES string of the molecule is CC/C=C\C/C=C\C/C=C\CCCCCCCC(=O)OCC(COC1OC(C(=O)O)C(O)C(O)C1OC(=O)CCCCCCC/C=C\C/C=C\C/C=C\CC)OC(=O)CCCCCCC/C=C\CCCC. The van der Waals surface area contributed by atoms with E-state index in [2.05, 4.69) is 106 Å². The summed E-state index contributed by atoms with van der Waals surface area (Å²) >= 11 is 0. The molecule has 1 fully saturated rings. The van der Waals surface area contributed by atoms with Gasteiger partial charge in [0.25, 0.3) is 0 Å². The molecular formula is C59H96O12. The molecule has 0 aromatic carbocycles. The zero-order valence-electron chi connectivity index (χ0n) is 44.2. The highest BCUT2D eigenvalue weighted by Crippen LogP contribution is 2.26. The van der Waals surface area contributed by atoms with Crippen molar-refractivity contribution in [2.75, 3.05) is 13.2 Å². The Bertz CT molecular complexity index is 1560. The Kier molecular flexibility index (Phi) is 42.9. The Morgan fingerprint density at radius 2 is 0.887 bits per heavy atom. The van der Waals surface area contributed by atoms with E-state index in [-0.39, 0.29) is 25.9 Å². The molecule has 0 aromatic heterocycles. The van der Waals surface area contributed by atoms with Crippen molar-refractivity contribution in [3.63, 3.8) is 0 Å². The van der Waals surface area contributed by atoms with Gasteiger partial charge in [0.15, 0.2) is 24.6 Å². The van der Waals surface area contributed by atoms with E-state index in [0.29, 0.717) is 19.3 Å². The summed E-state index contributed by atoms with van der Waals surface area (Å²) in [7, 11) is 0. The van der Waals surface area contributed by atoms with Crippen molar-refractivity contribution in [3.05, 3.63) is 85.1 Å². The minimum absolute atomic E-state index is 0.0352. The number of esters is 3. The smallest absolute Gasteiger partial charge is 0.335 e. The fourth-order valence-electron chi connectivity index (χ4n) is 7.73. The molecule has 1 saturated heterocycles. The van der Waals surface area contributed by atoms with Gasteiger partial charge < -0.3 is 39.0 Å². The van der Waals surface area contributed by atoms with Crippen molar-refractivity contribution < 1.29 is 58.2 Å². The van der Waals surface area contributed by atoms with Crippen molar-refractivity contribution >= 4 is 23.9 Å². The number of ether oxygens (including phenoxy) is 5. The number of rotatable bonds is 45. The monoisotopic (exact) mass is 997 g/mol. The normalized spacial score (nSPS) is 19.1. The van der Waals surface area contributed by atoms with Gasteiger partial charge in [-0.25, -0.2) is 4.79 Å². The van der Waals surface area contributed by atoms with E-state index in [4.69, 9.17) is 23.7 Å². The number of hydrogen-bond acceptors (Lipinski definition) is 11. The number of hydrogen-bond donors (Lipinski definition) is 3. The van der Waals surface area contributed by atoms with Crippen molar-refractivity contribution in [3.8, 4) is 0 Å². The first-order valence-corrected chi connectivity index (χ1v) is 27.6. The van der Waals surface area contributed by atoms with E-state index in [9.17, 15) is 34.5 Å². The molecule has 0 bridgehead atoms. The molecule has 0 aliphatic carbocycles. The average molecular weight is 997 g/mol. The number of aliphatic carboxylic acids is 1. The Hall–Kier alpha value is -4.10. The van der Waals surface area contributed by atoms with Crippen LogP contribution in [0.2, 0.25) is 0 Å². The molecule has 1 aliphatic rings. The maximum absolute atomic E-state index is 13.1. The summed E-state index contributed by atoms with van der Waals surface area (Å²) < 4.78 is 28.3. The molecule has 1 rings (SSSR count). The summed E-state index contributed by atoms with van der Waals surface area (Å²) in [5.74, 6) is -3.18. The van der Waals surface area contributed by atoms with Crippen LogP contribution in [0.25, 0.3) is 0 Å². The number of carbonyl (C=O) groups excluding carboxylic acids is 3. The molecule has 12 nitrogen and oxygen atoms in total. The Balaban J connectivity index is 2.73. The van der Waals surface area contributed by atoms with Gasteiger partial charge in [0.2, 0.25) is 0 Å². The topological polar surface area (TPSA) is 175 Å². The molecule has 404 valence electrons. The van der Waals surface area contributed by atoms with Gasteiger partial charge in [0, 0.05) is 19.3 Å². The molecule has 0 aromatic rings. The summed E-state index contributed by atoms with van der Waals surface area (Å²) in [5, 5.41) is 31.4. The second-order valence-electron chi connectivity index (χ2n) is 18.4. The molecule has 6 unspecified atom stereocenters. The summed E-state index contributed by atoms with van der Waals surface area (Å²) in [6, 6.07) is 0. The number of carboxylic acid groups (broad SMARTS) is 1. The molecule has 71 heavy (non-hydrogen) atoms. The van der Waals surface area contributed by atoms with Gasteiger partial charge in [-0.05, 0) is 103 Å². The van der Waals surface area contributed by atoms with E-state index in [1.165, 1.54) is 12.8 Å². The van der Waals surface area contributed by atoms with Gasteiger partial charge in [-0.15, -0.1) is 0 Å². The second-order valence-corrected chi connectivity index (χ2v) is 18.4. The Morgan fingerprint density at radius 1 is 0.479 bits per heavy atom. The molecule has 0 spiro atoms. The maximum atomic E-state index is 13.1. The molecule has 3 N–H and O–H groups in total. The fraction of sp³-hybridized carbons (Fsp3) is 0.695. The van der Waals surface area contributed by atoms with Crippen molar-refractivity contribution in [1.29, 1.82) is 0 Å². The molecular weight excluding hydrogens is 901 g/mol. The molecule has 6 atom stereocenters. The molecule has 1 heterocycles. The predicted octanol–water partition coefficient (Wildman–Crippen LogP) is 13.6. The lowest BCUT2D eigenvalue weighted by Crippen LogP contribution is -2.61. The van der Waals surface area contributed by atoms with Crippen LogP contribution in [0.5, 0.6) is 0 Å². The number of allylic oxidation sites excluding steroid dienone is 14. The lowest BCUT2D eigenvalue weighted by atomic mass is 9.98. The summed E-state index contributed by atoms with van der Waals surface area (Å²) in [4.78, 5) is 50.9. The quantitative estimate of drug-likeness (QED) is 0.0228. The highest BCUT2D eigenvalue weighted by Gasteiger charge is 2.50. The standard InChI is InChI=1S/C59H96O12/c1-4-7-10-13-16-19-22-24-26-28-31-33-36-39-42-45-51(60)67-48-50(69-52(61)46-43-40-37-34-30-21-18-15-12-9-6-3)49-68-59-57(55(64)54(63)56(71-59)58(65)66)70-53(62)47-44-41-38-35-32-29-27-25-23-20-17-14-11-8-5-2/h7-8,10-11,15-20,24-27,50,54-57,59,63-64H,4-6,9,12-14,21-23,28-49H2,1-3H3,(H,65,66)/b10-7-,11-8-,18-15-,19-16-,20-17-,26-24-,27-25-. The Labute approximate surface area is 429 Å². The first-order valence-electron chi connectivity index (χ1n) is 27.6. The highest BCUT2D eigenvalue weighted by molar-refractivity contribution is 5.74. The third-order valence-corrected chi connectivity index (χ3v) is 11.9. The van der Waals surface area contributed by atoms with Gasteiger partial charge in [0.05, 0.1) is 6.61 Å². The summed E-state index contributed by atoms with van der Waals surface area (Å²) in [6.07, 6.45) is 47.1. The van der Waals surface area contributed by atoms with Crippen LogP contribution < -0.4 is 0 Å². The minimum Gasteiger partial charge on any atom is -0.479 e. The number of aliphatic hydroxyl groups is 2. The van der Waals surface area contributed by atoms with Crippen LogP contribution in [-0.4, -0.2) is 89.2 Å². The van der Waals surface area contributed by atoms with Crippen molar-refractivity contribution in [2.45, 2.75) is 250 Å². The zero-order chi connectivity index (χ0) is 51.8. The van der Waals surface area contributed by atoms with Crippen LogP contribution >= 0.6 is 0 Å². The van der Waals surface area contributed by atoms with Crippen LogP contribution in [0.15, 0.2) is 85.1 Å². The summed E-state index contributed by atoms with van der Waals surface area (Å²) in [5.41, 5.74) is 0. The van der Waals surface area contributed by atoms with Crippen LogP contribution in [0.1, 0.15) is 213 Å². The minimum atomic E-state index is -1.91. The van der Waals surface area contributed by atoms with E-state index < -0.39 is 67.3 Å². The van der Waals surface area contributed by atoms with Crippen LogP contribution in [0.3, 0.4) is 0 Å². The lowest BCUT2D eigenvalue weighted by Gasteiger charge is -2.40. The molecule has 12 heteroatoms. The first kappa shape index (κ1) is 64.9. The fourth-order valence-corrected chi connectivity index (χ4v) is 7.73. The largest absolute Gasteiger partial charge is 0.479 e. The first-order chi connectivity index (χ1) is 34.6. The number of carboxylic acids is 1. The van der Waals surface area contributed by atoms with Gasteiger partial charge in [-0.1, -0.05) is 176 Å². The van der Waals surface area contributed by atoms with Crippen molar-refractivity contribution in [2.24, 2.45) is 0 Å². The number of unbranched alkanes of at least 4 members (excludes halogenated alkanes) is 17. The Morgan fingerprint density at radius 3 is 1.37 bits per heavy atom. The van der Waals surface area contributed by atoms with E-state index >= 15 is 0 Å². The average Bonchev–Trinajstić information content (AvgIpc) is 3.35. The van der Waals surface area contributed by atoms with Crippen molar-refractivity contribution in [1.82, 2.24) is 0 Å².